The molecule has 0 bridgehead atoms. The lowest BCUT2D eigenvalue weighted by atomic mass is 10.1. The monoisotopic (exact) mass is 304 g/mol. The van der Waals surface area contributed by atoms with Crippen LogP contribution in [0.2, 0.25) is 0 Å². The molecule has 7 heteroatoms. The smallest absolute Gasteiger partial charge is 0.326 e. The molecule has 22 heavy (non-hydrogen) atoms. The average Bonchev–Trinajstić information content (AvgIpc) is 2.48. The lowest BCUT2D eigenvalue weighted by Gasteiger charge is -2.13. The zero-order chi connectivity index (χ0) is 16.4. The summed E-state index contributed by atoms with van der Waals surface area (Å²) in [6.45, 7) is 0.384. The molecule has 1 aromatic rings. The van der Waals surface area contributed by atoms with E-state index >= 15 is 0 Å². The van der Waals surface area contributed by atoms with Crippen molar-refractivity contribution in [2.24, 2.45) is 5.73 Å². The van der Waals surface area contributed by atoms with Gasteiger partial charge >= 0.3 is 5.97 Å². The molecule has 0 spiro atoms. The number of guanidine groups is 1. The Hall–Kier alpha value is -2.83. The minimum atomic E-state index is -1.09. The number of carbonyl (C=O) groups excluding carboxylic acids is 1. The number of hydrogen-bond acceptors (Lipinski definition) is 3. The molecule has 0 saturated heterocycles. The number of carboxylic acid groups (broad SMARTS) is 1. The van der Waals surface area contributed by atoms with Gasteiger partial charge in [-0.1, -0.05) is 30.3 Å². The predicted octanol–water partition coefficient (Wildman–Crippen LogP) is 0.532. The number of carboxylic acids is 1. The third-order valence-electron chi connectivity index (χ3n) is 2.83. The Balaban J connectivity index is 2.45. The van der Waals surface area contributed by atoms with E-state index in [0.717, 1.165) is 5.56 Å². The first-order valence-corrected chi connectivity index (χ1v) is 6.83. The molecule has 118 valence electrons. The first kappa shape index (κ1) is 17.2. The Bertz CT molecular complexity index is 543. The van der Waals surface area contributed by atoms with Gasteiger partial charge in [-0.15, -0.1) is 0 Å². The van der Waals surface area contributed by atoms with Crippen molar-refractivity contribution in [3.8, 4) is 0 Å². The van der Waals surface area contributed by atoms with Gasteiger partial charge in [0.2, 0.25) is 5.91 Å². The van der Waals surface area contributed by atoms with Gasteiger partial charge < -0.3 is 21.5 Å². The molecule has 1 unspecified atom stereocenters. The number of carbonyl (C=O) groups is 2. The van der Waals surface area contributed by atoms with Crippen LogP contribution in [0.1, 0.15) is 18.4 Å². The van der Waals surface area contributed by atoms with Gasteiger partial charge in [-0.2, -0.15) is 0 Å². The zero-order valence-corrected chi connectivity index (χ0v) is 12.1. The summed E-state index contributed by atoms with van der Waals surface area (Å²) in [6, 6.07) is 8.27. The van der Waals surface area contributed by atoms with Crippen LogP contribution < -0.4 is 16.4 Å². The summed E-state index contributed by atoms with van der Waals surface area (Å²) >= 11 is 0. The van der Waals surface area contributed by atoms with E-state index in [2.05, 4.69) is 10.6 Å². The van der Waals surface area contributed by atoms with Crippen LogP contribution in [-0.2, 0) is 9.59 Å². The van der Waals surface area contributed by atoms with Crippen molar-refractivity contribution >= 4 is 23.9 Å². The fraction of sp³-hybridized carbons (Fsp3) is 0.267. The van der Waals surface area contributed by atoms with Gasteiger partial charge in [0.25, 0.3) is 0 Å². The van der Waals surface area contributed by atoms with E-state index < -0.39 is 17.9 Å². The van der Waals surface area contributed by atoms with Crippen molar-refractivity contribution in [2.75, 3.05) is 6.54 Å². The summed E-state index contributed by atoms with van der Waals surface area (Å²) < 4.78 is 0. The molecule has 0 saturated carbocycles. The minimum Gasteiger partial charge on any atom is -0.480 e. The number of amides is 1. The van der Waals surface area contributed by atoms with Crippen LogP contribution in [0, 0.1) is 5.41 Å². The van der Waals surface area contributed by atoms with Crippen LogP contribution in [0.15, 0.2) is 36.4 Å². The Morgan fingerprint density at radius 1 is 1.32 bits per heavy atom. The maximum atomic E-state index is 11.7. The van der Waals surface area contributed by atoms with Crippen molar-refractivity contribution in [1.29, 1.82) is 5.41 Å². The van der Waals surface area contributed by atoms with E-state index in [-0.39, 0.29) is 12.4 Å². The van der Waals surface area contributed by atoms with Crippen molar-refractivity contribution in [3.63, 3.8) is 0 Å². The third kappa shape index (κ3) is 7.09. The van der Waals surface area contributed by atoms with Crippen LogP contribution in [0.5, 0.6) is 0 Å². The van der Waals surface area contributed by atoms with Gasteiger partial charge in [0.1, 0.15) is 6.04 Å². The van der Waals surface area contributed by atoms with Crippen LogP contribution in [-0.4, -0.2) is 35.5 Å². The Morgan fingerprint density at radius 2 is 2.00 bits per heavy atom. The number of rotatable bonds is 8. The molecule has 6 N–H and O–H groups in total. The molecule has 0 aliphatic carbocycles. The molecule has 0 fully saturated rings. The van der Waals surface area contributed by atoms with Gasteiger partial charge in [-0.3, -0.25) is 10.2 Å². The molecule has 1 amide bonds. The molecule has 0 aliphatic heterocycles. The second-order valence-electron chi connectivity index (χ2n) is 4.63. The Morgan fingerprint density at radius 3 is 2.59 bits per heavy atom. The highest BCUT2D eigenvalue weighted by molar-refractivity contribution is 5.94. The Labute approximate surface area is 128 Å². The molecule has 0 heterocycles. The normalized spacial score (nSPS) is 11.8. The topological polar surface area (TPSA) is 128 Å². The molecular weight excluding hydrogens is 284 g/mol. The van der Waals surface area contributed by atoms with Crippen LogP contribution in [0.3, 0.4) is 0 Å². The first-order chi connectivity index (χ1) is 10.5. The molecule has 0 aliphatic rings. The fourth-order valence-corrected chi connectivity index (χ4v) is 1.74. The first-order valence-electron chi connectivity index (χ1n) is 6.83. The van der Waals surface area contributed by atoms with Crippen molar-refractivity contribution in [2.45, 2.75) is 18.9 Å². The largest absolute Gasteiger partial charge is 0.480 e. The lowest BCUT2D eigenvalue weighted by Crippen LogP contribution is -2.40. The van der Waals surface area contributed by atoms with Gasteiger partial charge in [-0.25, -0.2) is 4.79 Å². The van der Waals surface area contributed by atoms with E-state index in [4.69, 9.17) is 16.2 Å². The molecule has 7 nitrogen and oxygen atoms in total. The molecule has 1 aromatic carbocycles. The third-order valence-corrected chi connectivity index (χ3v) is 2.83. The van der Waals surface area contributed by atoms with E-state index in [0.29, 0.717) is 13.0 Å². The number of benzene rings is 1. The second kappa shape index (κ2) is 9.17. The summed E-state index contributed by atoms with van der Waals surface area (Å²) in [4.78, 5) is 22.9. The van der Waals surface area contributed by atoms with Crippen LogP contribution in [0.25, 0.3) is 6.08 Å². The molecule has 0 radical (unpaired) electrons. The highest BCUT2D eigenvalue weighted by atomic mass is 16.4. The van der Waals surface area contributed by atoms with Gasteiger partial charge in [0, 0.05) is 12.6 Å². The molecule has 1 rings (SSSR count). The van der Waals surface area contributed by atoms with E-state index in [1.54, 1.807) is 6.08 Å². The second-order valence-corrected chi connectivity index (χ2v) is 4.63. The summed E-state index contributed by atoms with van der Waals surface area (Å²) in [6.07, 6.45) is 3.64. The molecule has 0 aromatic heterocycles. The Kier molecular flexibility index (Phi) is 7.18. The number of hydrogen-bond donors (Lipinski definition) is 5. The van der Waals surface area contributed by atoms with Crippen molar-refractivity contribution in [3.05, 3.63) is 42.0 Å². The summed E-state index contributed by atoms with van der Waals surface area (Å²) in [5.41, 5.74) is 5.98. The molecular formula is C15H20N4O3. The number of nitrogens with one attached hydrogen (secondary N) is 3. The number of aliphatic carboxylic acids is 1. The van der Waals surface area contributed by atoms with Crippen LogP contribution in [0.4, 0.5) is 0 Å². The molecule has 1 atom stereocenters. The van der Waals surface area contributed by atoms with Gasteiger partial charge in [-0.05, 0) is 24.5 Å². The highest BCUT2D eigenvalue weighted by Crippen LogP contribution is 2.02. The maximum Gasteiger partial charge on any atom is 0.326 e. The minimum absolute atomic E-state index is 0.165. The van der Waals surface area contributed by atoms with E-state index in [1.165, 1.54) is 6.08 Å². The highest BCUT2D eigenvalue weighted by Gasteiger charge is 2.18. The van der Waals surface area contributed by atoms with Crippen LogP contribution >= 0.6 is 0 Å². The SMILES string of the molecule is N=C(N)NCCCC(NC(=O)/C=C/c1ccccc1)C(=O)O. The summed E-state index contributed by atoms with van der Waals surface area (Å²) in [7, 11) is 0. The number of nitrogens with two attached hydrogens (primary N) is 1. The van der Waals surface area contributed by atoms with Crippen molar-refractivity contribution in [1.82, 2.24) is 10.6 Å². The summed E-state index contributed by atoms with van der Waals surface area (Å²) in [5.74, 6) is -1.72. The maximum absolute atomic E-state index is 11.7. The quantitative estimate of drug-likeness (QED) is 0.207. The van der Waals surface area contributed by atoms with Gasteiger partial charge in [0.05, 0.1) is 0 Å². The van der Waals surface area contributed by atoms with Gasteiger partial charge in [0.15, 0.2) is 5.96 Å². The zero-order valence-electron chi connectivity index (χ0n) is 12.1. The summed E-state index contributed by atoms with van der Waals surface area (Å²) in [5, 5.41) is 21.1. The lowest BCUT2D eigenvalue weighted by molar-refractivity contribution is -0.141. The van der Waals surface area contributed by atoms with E-state index in [9.17, 15) is 9.59 Å². The fourth-order valence-electron chi connectivity index (χ4n) is 1.74. The predicted molar refractivity (Wildman–Crippen MR) is 84.2 cm³/mol. The average molecular weight is 304 g/mol. The standard InChI is InChI=1S/C15H20N4O3/c16-15(17)18-10-4-7-12(14(21)22)19-13(20)9-8-11-5-2-1-3-6-11/h1-3,5-6,8-9,12H,4,7,10H2,(H,19,20)(H,21,22)(H4,16,17,18)/b9-8+. The van der Waals surface area contributed by atoms with E-state index in [1.807, 2.05) is 30.3 Å². The van der Waals surface area contributed by atoms with Crippen molar-refractivity contribution < 1.29 is 14.7 Å².